The van der Waals surface area contributed by atoms with Gasteiger partial charge < -0.3 is 9.72 Å². The Bertz CT molecular complexity index is 1400. The molecule has 2 aliphatic heterocycles. The van der Waals surface area contributed by atoms with E-state index in [1.165, 1.54) is 5.56 Å². The van der Waals surface area contributed by atoms with Crippen molar-refractivity contribution in [3.63, 3.8) is 0 Å². The van der Waals surface area contributed by atoms with Crippen molar-refractivity contribution in [2.75, 3.05) is 19.7 Å². The fraction of sp³-hybridized carbons (Fsp3) is 0.448. The van der Waals surface area contributed by atoms with E-state index < -0.39 is 0 Å². The molecule has 8 heteroatoms. The largest absolute Gasteiger partial charge is 0.376 e. The summed E-state index contributed by atoms with van der Waals surface area (Å²) in [6.07, 6.45) is 5.41. The number of aromatic nitrogens is 5. The fourth-order valence-corrected chi connectivity index (χ4v) is 5.98. The van der Waals surface area contributed by atoms with Crippen molar-refractivity contribution in [2.45, 2.75) is 57.7 Å². The molecule has 0 saturated carbocycles. The quantitative estimate of drug-likeness (QED) is 0.414. The summed E-state index contributed by atoms with van der Waals surface area (Å²) in [6.45, 7) is 5.19. The van der Waals surface area contributed by atoms with Crippen LogP contribution in [0.15, 0.2) is 59.4 Å². The molecule has 0 radical (unpaired) electrons. The molecule has 2 aromatic heterocycles. The van der Waals surface area contributed by atoms with Crippen LogP contribution in [0.5, 0.6) is 0 Å². The first kappa shape index (κ1) is 24.0. The standard InChI is InChI=1S/C29H34N6O2/c1-20-7-5-10-23-18-25(29(36)30-26(20)23)27(28-31-32-33-35(28)19-24-11-6-16-37-24)34-14-12-22(13-15-34)17-21-8-3-2-4-9-21/h2-5,7-10,18,22,24,27H,6,11-17,19H2,1H3,(H,30,36)/t24-,27-/m0/s1. The number of nitrogens with one attached hydrogen (secondary N) is 1. The molecule has 0 spiro atoms. The number of rotatable bonds is 7. The molecule has 0 bridgehead atoms. The predicted octanol–water partition coefficient (Wildman–Crippen LogP) is 4.05. The van der Waals surface area contributed by atoms with Crippen molar-refractivity contribution >= 4 is 10.9 Å². The average molecular weight is 499 g/mol. The lowest BCUT2D eigenvalue weighted by molar-refractivity contribution is 0.0892. The van der Waals surface area contributed by atoms with Gasteiger partial charge in [-0.1, -0.05) is 48.5 Å². The number of tetrazole rings is 1. The van der Waals surface area contributed by atoms with Crippen LogP contribution >= 0.6 is 0 Å². The monoisotopic (exact) mass is 498 g/mol. The van der Waals surface area contributed by atoms with Gasteiger partial charge in [-0.3, -0.25) is 9.69 Å². The maximum Gasteiger partial charge on any atom is 0.253 e. The van der Waals surface area contributed by atoms with Crippen LogP contribution in [0.2, 0.25) is 0 Å². The normalized spacial score (nSPS) is 20.0. The number of piperidine rings is 1. The molecule has 0 amide bonds. The molecule has 2 saturated heterocycles. The van der Waals surface area contributed by atoms with E-state index in [9.17, 15) is 4.79 Å². The summed E-state index contributed by atoms with van der Waals surface area (Å²) in [5, 5.41) is 13.9. The summed E-state index contributed by atoms with van der Waals surface area (Å²) >= 11 is 0. The molecule has 2 fully saturated rings. The van der Waals surface area contributed by atoms with Crippen molar-refractivity contribution < 1.29 is 4.74 Å². The summed E-state index contributed by atoms with van der Waals surface area (Å²) in [4.78, 5) is 19.1. The highest BCUT2D eigenvalue weighted by Gasteiger charge is 2.34. The van der Waals surface area contributed by atoms with Crippen molar-refractivity contribution in [1.29, 1.82) is 0 Å². The number of fused-ring (bicyclic) bond motifs is 1. The van der Waals surface area contributed by atoms with E-state index >= 15 is 0 Å². The van der Waals surface area contributed by atoms with Gasteiger partial charge in [0.15, 0.2) is 5.82 Å². The first-order valence-corrected chi connectivity index (χ1v) is 13.4. The summed E-state index contributed by atoms with van der Waals surface area (Å²) in [5.41, 5.74) is 3.95. The number of pyridine rings is 1. The van der Waals surface area contributed by atoms with E-state index in [0.717, 1.165) is 74.1 Å². The number of nitrogens with zero attached hydrogens (tertiary/aromatic N) is 5. The van der Waals surface area contributed by atoms with Crippen LogP contribution in [-0.2, 0) is 17.7 Å². The first-order chi connectivity index (χ1) is 18.2. The Balaban J connectivity index is 1.33. The number of hydrogen-bond donors (Lipinski definition) is 1. The number of ether oxygens (including phenoxy) is 1. The summed E-state index contributed by atoms with van der Waals surface area (Å²) < 4.78 is 7.74. The Labute approximate surface area is 216 Å². The molecule has 0 unspecified atom stereocenters. The zero-order chi connectivity index (χ0) is 25.2. The summed E-state index contributed by atoms with van der Waals surface area (Å²) in [7, 11) is 0. The molecule has 2 atom stereocenters. The third kappa shape index (κ3) is 5.08. The van der Waals surface area contributed by atoms with E-state index in [1.54, 1.807) is 0 Å². The van der Waals surface area contributed by atoms with E-state index in [-0.39, 0.29) is 17.7 Å². The third-order valence-electron chi connectivity index (χ3n) is 8.00. The minimum Gasteiger partial charge on any atom is -0.376 e. The highest BCUT2D eigenvalue weighted by atomic mass is 16.5. The predicted molar refractivity (Wildman–Crippen MR) is 142 cm³/mol. The van der Waals surface area contributed by atoms with Crippen LogP contribution in [0.3, 0.4) is 0 Å². The maximum atomic E-state index is 13.5. The third-order valence-corrected chi connectivity index (χ3v) is 8.00. The maximum absolute atomic E-state index is 13.5. The van der Waals surface area contributed by atoms with E-state index in [4.69, 9.17) is 4.74 Å². The second-order valence-corrected chi connectivity index (χ2v) is 10.5. The lowest BCUT2D eigenvalue weighted by atomic mass is 9.89. The van der Waals surface area contributed by atoms with Gasteiger partial charge in [-0.2, -0.15) is 0 Å². The van der Waals surface area contributed by atoms with Crippen LogP contribution in [0, 0.1) is 12.8 Å². The zero-order valence-corrected chi connectivity index (χ0v) is 21.3. The Morgan fingerprint density at radius 3 is 2.70 bits per heavy atom. The number of hydrogen-bond acceptors (Lipinski definition) is 6. The van der Waals surface area contributed by atoms with Gasteiger partial charge in [0, 0.05) is 12.2 Å². The van der Waals surface area contributed by atoms with Crippen LogP contribution in [0.1, 0.15) is 54.2 Å². The van der Waals surface area contributed by atoms with Crippen molar-refractivity contribution in [3.05, 3.63) is 87.5 Å². The summed E-state index contributed by atoms with van der Waals surface area (Å²) in [5.74, 6) is 1.34. The highest BCUT2D eigenvalue weighted by molar-refractivity contribution is 5.82. The number of benzene rings is 2. The van der Waals surface area contributed by atoms with Gasteiger partial charge in [0.1, 0.15) is 6.04 Å². The molecule has 8 nitrogen and oxygen atoms in total. The number of para-hydroxylation sites is 1. The Hall–Kier alpha value is -3.36. The van der Waals surface area contributed by atoms with Gasteiger partial charge in [-0.25, -0.2) is 4.68 Å². The van der Waals surface area contributed by atoms with Crippen molar-refractivity contribution in [2.24, 2.45) is 5.92 Å². The first-order valence-electron chi connectivity index (χ1n) is 13.4. The van der Waals surface area contributed by atoms with E-state index in [2.05, 4.69) is 61.8 Å². The van der Waals surface area contributed by atoms with Gasteiger partial charge in [-0.15, -0.1) is 5.10 Å². The molecule has 4 heterocycles. The molecule has 1 N–H and O–H groups in total. The lowest BCUT2D eigenvalue weighted by Crippen LogP contribution is -2.41. The molecular weight excluding hydrogens is 464 g/mol. The molecule has 2 aliphatic rings. The molecule has 0 aliphatic carbocycles. The minimum absolute atomic E-state index is 0.0788. The van der Waals surface area contributed by atoms with Crippen molar-refractivity contribution in [3.8, 4) is 0 Å². The van der Waals surface area contributed by atoms with Gasteiger partial charge in [0.05, 0.1) is 18.2 Å². The molecule has 192 valence electrons. The van der Waals surface area contributed by atoms with Crippen LogP contribution in [0.4, 0.5) is 0 Å². The summed E-state index contributed by atoms with van der Waals surface area (Å²) in [6, 6.07) is 18.6. The molecular formula is C29H34N6O2. The lowest BCUT2D eigenvalue weighted by Gasteiger charge is -2.37. The molecule has 4 aromatic rings. The van der Waals surface area contributed by atoms with Gasteiger partial charge in [0.2, 0.25) is 0 Å². The smallest absolute Gasteiger partial charge is 0.253 e. The SMILES string of the molecule is Cc1cccc2cc([C@@H](c3nnnn3C[C@@H]3CCCO3)N3CCC(Cc4ccccc4)CC3)c(=O)[nH]c12. The van der Waals surface area contributed by atoms with Gasteiger partial charge in [0.25, 0.3) is 5.56 Å². The van der Waals surface area contributed by atoms with Crippen LogP contribution in [-0.4, -0.2) is 55.9 Å². The van der Waals surface area contributed by atoms with E-state index in [1.807, 2.05) is 29.8 Å². The van der Waals surface area contributed by atoms with Gasteiger partial charge in [-0.05, 0) is 91.0 Å². The number of H-pyrrole nitrogens is 1. The average Bonchev–Trinajstić information content (AvgIpc) is 3.60. The Morgan fingerprint density at radius 2 is 1.92 bits per heavy atom. The minimum atomic E-state index is -0.317. The molecule has 6 rings (SSSR count). The highest BCUT2D eigenvalue weighted by Crippen LogP contribution is 2.32. The fourth-order valence-electron chi connectivity index (χ4n) is 5.98. The number of aryl methyl sites for hydroxylation is 1. The zero-order valence-electron chi connectivity index (χ0n) is 21.3. The molecule has 2 aromatic carbocycles. The van der Waals surface area contributed by atoms with Crippen LogP contribution < -0.4 is 5.56 Å². The second kappa shape index (κ2) is 10.6. The second-order valence-electron chi connectivity index (χ2n) is 10.5. The number of aromatic amines is 1. The number of likely N-dealkylation sites (tertiary alicyclic amines) is 1. The van der Waals surface area contributed by atoms with Crippen LogP contribution in [0.25, 0.3) is 10.9 Å². The Morgan fingerprint density at radius 1 is 1.08 bits per heavy atom. The topological polar surface area (TPSA) is 88.9 Å². The van der Waals surface area contributed by atoms with E-state index in [0.29, 0.717) is 18.0 Å². The molecule has 37 heavy (non-hydrogen) atoms. The van der Waals surface area contributed by atoms with Gasteiger partial charge >= 0.3 is 0 Å². The van der Waals surface area contributed by atoms with Crippen molar-refractivity contribution in [1.82, 2.24) is 30.1 Å². The Kier molecular flexibility index (Phi) is 6.85.